The van der Waals surface area contributed by atoms with Crippen molar-refractivity contribution in [2.75, 3.05) is 6.54 Å². The van der Waals surface area contributed by atoms with E-state index in [1.807, 2.05) is 12.4 Å². The van der Waals surface area contributed by atoms with Crippen LogP contribution in [0.2, 0.25) is 0 Å². The molecule has 0 fully saturated rings. The number of rotatable bonds is 1. The number of aromatic nitrogens is 2. The van der Waals surface area contributed by atoms with Crippen LogP contribution in [-0.2, 0) is 6.54 Å². The van der Waals surface area contributed by atoms with E-state index in [-0.39, 0.29) is 24.8 Å². The van der Waals surface area contributed by atoms with Gasteiger partial charge in [-0.1, -0.05) is 0 Å². The second-order valence-electron chi connectivity index (χ2n) is 2.70. The summed E-state index contributed by atoms with van der Waals surface area (Å²) in [4.78, 5) is 4.23. The molecule has 1 aromatic heterocycles. The van der Waals surface area contributed by atoms with Gasteiger partial charge in [0, 0.05) is 31.4 Å². The fourth-order valence-corrected chi connectivity index (χ4v) is 1.52. The molecule has 3 nitrogen and oxygen atoms in total. The molecule has 2 heterocycles. The van der Waals surface area contributed by atoms with Crippen molar-refractivity contribution in [3.8, 4) is 0 Å². The van der Waals surface area contributed by atoms with Gasteiger partial charge in [-0.2, -0.15) is 0 Å². The highest BCUT2D eigenvalue weighted by Gasteiger charge is 2.21. The third kappa shape index (κ3) is 1.73. The Balaban J connectivity index is 0.000000605. The van der Waals surface area contributed by atoms with Gasteiger partial charge in [0.15, 0.2) is 0 Å². The van der Waals surface area contributed by atoms with Crippen LogP contribution >= 0.6 is 24.8 Å². The molecule has 0 radical (unpaired) electrons. The fourth-order valence-electron chi connectivity index (χ4n) is 1.52. The number of aryl methyl sites for hydroxylation is 1. The molecule has 0 bridgehead atoms. The number of hydrogen-bond donors (Lipinski definition) is 1. The van der Waals surface area contributed by atoms with E-state index in [1.165, 1.54) is 12.2 Å². The predicted molar refractivity (Wildman–Crippen MR) is 53.1 cm³/mol. The minimum Gasteiger partial charge on any atom is -0.335 e. The number of hydrogen-bond acceptors (Lipinski definition) is 2. The maximum absolute atomic E-state index is 5.55. The van der Waals surface area contributed by atoms with Gasteiger partial charge in [-0.05, 0) is 6.42 Å². The predicted octanol–water partition coefficient (Wildman–Crippen LogP) is 1.17. The molecule has 0 saturated carbocycles. The lowest BCUT2D eigenvalue weighted by Gasteiger charge is -2.00. The molecular formula is C7H13Cl2N3. The first-order valence-electron chi connectivity index (χ1n) is 3.63. The van der Waals surface area contributed by atoms with Crippen LogP contribution in [0.4, 0.5) is 0 Å². The molecule has 1 aromatic rings. The van der Waals surface area contributed by atoms with Crippen molar-refractivity contribution in [3.63, 3.8) is 0 Å². The van der Waals surface area contributed by atoms with Crippen LogP contribution in [0.1, 0.15) is 18.2 Å². The van der Waals surface area contributed by atoms with Gasteiger partial charge < -0.3 is 10.3 Å². The summed E-state index contributed by atoms with van der Waals surface area (Å²) >= 11 is 0. The monoisotopic (exact) mass is 209 g/mol. The van der Waals surface area contributed by atoms with Gasteiger partial charge in [0.25, 0.3) is 0 Å². The highest BCUT2D eigenvalue weighted by atomic mass is 35.5. The first-order chi connectivity index (χ1) is 4.92. The zero-order valence-electron chi connectivity index (χ0n) is 6.64. The van der Waals surface area contributed by atoms with Crippen LogP contribution in [0.15, 0.2) is 12.4 Å². The van der Waals surface area contributed by atoms with Gasteiger partial charge in [-0.15, -0.1) is 24.8 Å². The van der Waals surface area contributed by atoms with Gasteiger partial charge in [0.2, 0.25) is 0 Å². The molecule has 1 atom stereocenters. The lowest BCUT2D eigenvalue weighted by atomic mass is 10.1. The minimum absolute atomic E-state index is 0. The average Bonchev–Trinajstić information content (AvgIpc) is 2.44. The molecule has 0 spiro atoms. The summed E-state index contributed by atoms with van der Waals surface area (Å²) in [6, 6.07) is 0. The van der Waals surface area contributed by atoms with Gasteiger partial charge in [-0.25, -0.2) is 4.98 Å². The smallest absolute Gasteiger partial charge is 0.113 e. The first-order valence-corrected chi connectivity index (χ1v) is 3.63. The third-order valence-electron chi connectivity index (χ3n) is 2.12. The molecule has 0 aliphatic carbocycles. The lowest BCUT2D eigenvalue weighted by Crippen LogP contribution is -2.10. The normalized spacial score (nSPS) is 19.2. The van der Waals surface area contributed by atoms with Crippen molar-refractivity contribution in [3.05, 3.63) is 18.2 Å². The Morgan fingerprint density at radius 3 is 3.00 bits per heavy atom. The average molecular weight is 210 g/mol. The summed E-state index contributed by atoms with van der Waals surface area (Å²) in [6.07, 6.45) is 5.03. The molecule has 0 amide bonds. The summed E-state index contributed by atoms with van der Waals surface area (Å²) in [7, 11) is 0. The maximum Gasteiger partial charge on any atom is 0.113 e. The largest absolute Gasteiger partial charge is 0.335 e. The lowest BCUT2D eigenvalue weighted by molar-refractivity contribution is 0.661. The topological polar surface area (TPSA) is 43.8 Å². The van der Waals surface area contributed by atoms with E-state index in [0.717, 1.165) is 13.1 Å². The highest BCUT2D eigenvalue weighted by molar-refractivity contribution is 5.85. The standard InChI is InChI=1S/C7H11N3.2ClH/c8-5-6-1-3-10-4-2-9-7(6)10;;/h2,4,6H,1,3,5,8H2;2*1H. The fraction of sp³-hybridized carbons (Fsp3) is 0.571. The Kier molecular flexibility index (Phi) is 4.60. The van der Waals surface area contributed by atoms with Crippen molar-refractivity contribution >= 4 is 24.8 Å². The Morgan fingerprint density at radius 1 is 1.58 bits per heavy atom. The van der Waals surface area contributed by atoms with Crippen LogP contribution in [0.3, 0.4) is 0 Å². The van der Waals surface area contributed by atoms with Crippen LogP contribution in [0, 0.1) is 0 Å². The van der Waals surface area contributed by atoms with E-state index < -0.39 is 0 Å². The highest BCUT2D eigenvalue weighted by Crippen LogP contribution is 2.24. The molecule has 5 heteroatoms. The van der Waals surface area contributed by atoms with Gasteiger partial charge in [-0.3, -0.25) is 0 Å². The molecule has 2 N–H and O–H groups in total. The molecular weight excluding hydrogens is 197 g/mol. The Morgan fingerprint density at radius 2 is 2.33 bits per heavy atom. The van der Waals surface area contributed by atoms with Gasteiger partial charge >= 0.3 is 0 Å². The zero-order chi connectivity index (χ0) is 6.97. The van der Waals surface area contributed by atoms with Crippen molar-refractivity contribution in [1.82, 2.24) is 9.55 Å². The number of fused-ring (bicyclic) bond motifs is 1. The quantitative estimate of drug-likeness (QED) is 0.756. The van der Waals surface area contributed by atoms with Crippen LogP contribution < -0.4 is 5.73 Å². The minimum atomic E-state index is 0. The molecule has 0 saturated heterocycles. The van der Waals surface area contributed by atoms with E-state index in [9.17, 15) is 0 Å². The van der Waals surface area contributed by atoms with Crippen molar-refractivity contribution in [2.45, 2.75) is 18.9 Å². The number of imidazole rings is 1. The van der Waals surface area contributed by atoms with Gasteiger partial charge in [0.05, 0.1) is 0 Å². The molecule has 1 aliphatic rings. The second kappa shape index (κ2) is 4.70. The van der Waals surface area contributed by atoms with Gasteiger partial charge in [0.1, 0.15) is 5.82 Å². The van der Waals surface area contributed by atoms with E-state index in [4.69, 9.17) is 5.73 Å². The van der Waals surface area contributed by atoms with E-state index in [2.05, 4.69) is 9.55 Å². The number of nitrogens with two attached hydrogens (primary N) is 1. The maximum atomic E-state index is 5.55. The van der Waals surface area contributed by atoms with E-state index in [0.29, 0.717) is 5.92 Å². The summed E-state index contributed by atoms with van der Waals surface area (Å²) in [5.41, 5.74) is 5.55. The first kappa shape index (κ1) is 11.8. The third-order valence-corrected chi connectivity index (χ3v) is 2.12. The Labute approximate surface area is 84.2 Å². The SMILES string of the molecule is Cl.Cl.NCC1CCn2ccnc21. The molecule has 70 valence electrons. The van der Waals surface area contributed by atoms with Crippen LogP contribution in [0.25, 0.3) is 0 Å². The summed E-state index contributed by atoms with van der Waals surface area (Å²) in [5.74, 6) is 1.68. The molecule has 0 aromatic carbocycles. The summed E-state index contributed by atoms with van der Waals surface area (Å²) in [5, 5.41) is 0. The van der Waals surface area contributed by atoms with Crippen molar-refractivity contribution < 1.29 is 0 Å². The summed E-state index contributed by atoms with van der Waals surface area (Å²) in [6.45, 7) is 1.83. The molecule has 1 aliphatic heterocycles. The molecule has 1 unspecified atom stereocenters. The van der Waals surface area contributed by atoms with E-state index >= 15 is 0 Å². The number of nitrogens with zero attached hydrogens (tertiary/aromatic N) is 2. The number of halogens is 2. The van der Waals surface area contributed by atoms with Crippen molar-refractivity contribution in [2.24, 2.45) is 5.73 Å². The second-order valence-corrected chi connectivity index (χ2v) is 2.70. The molecule has 2 rings (SSSR count). The van der Waals surface area contributed by atoms with E-state index in [1.54, 1.807) is 0 Å². The van der Waals surface area contributed by atoms with Crippen LogP contribution in [-0.4, -0.2) is 16.1 Å². The summed E-state index contributed by atoms with van der Waals surface area (Å²) < 4.78 is 2.18. The Bertz CT molecular complexity index is 236. The zero-order valence-corrected chi connectivity index (χ0v) is 8.27. The van der Waals surface area contributed by atoms with Crippen molar-refractivity contribution in [1.29, 1.82) is 0 Å². The Hall–Kier alpha value is -0.250. The molecule has 12 heavy (non-hydrogen) atoms. The van der Waals surface area contributed by atoms with Crippen LogP contribution in [0.5, 0.6) is 0 Å².